The van der Waals surface area contributed by atoms with Gasteiger partial charge < -0.3 is 24.7 Å². The maximum atomic E-state index is 11.7. The summed E-state index contributed by atoms with van der Waals surface area (Å²) in [5, 5.41) is 5.99. The van der Waals surface area contributed by atoms with E-state index in [9.17, 15) is 4.79 Å². The molecule has 0 atom stereocenters. The zero-order valence-electron chi connectivity index (χ0n) is 13.9. The van der Waals surface area contributed by atoms with Gasteiger partial charge in [-0.1, -0.05) is 0 Å². The number of hydrogen-bond acceptors (Lipinski definition) is 4. The summed E-state index contributed by atoms with van der Waals surface area (Å²) in [6, 6.07) is 3.33. The molecule has 1 aromatic heterocycles. The smallest absolute Gasteiger partial charge is 0.287 e. The lowest BCUT2D eigenvalue weighted by molar-refractivity contribution is 0.0926. The monoisotopic (exact) mass is 322 g/mol. The molecule has 7 heteroatoms. The molecule has 2 rings (SSSR count). The molecule has 0 saturated heterocycles. The van der Waals surface area contributed by atoms with Crippen LogP contribution in [0.1, 0.15) is 23.4 Å². The summed E-state index contributed by atoms with van der Waals surface area (Å²) in [5.74, 6) is 1.68. The van der Waals surface area contributed by atoms with Crippen molar-refractivity contribution >= 4 is 11.9 Å². The first-order valence-corrected chi connectivity index (χ1v) is 8.02. The van der Waals surface area contributed by atoms with Gasteiger partial charge in [0, 0.05) is 40.3 Å². The van der Waals surface area contributed by atoms with Crippen LogP contribution in [0, 0.1) is 5.92 Å². The Labute approximate surface area is 137 Å². The van der Waals surface area contributed by atoms with E-state index in [4.69, 9.17) is 9.15 Å². The number of aliphatic imine (C=N–C) groups is 1. The minimum Gasteiger partial charge on any atom is -0.459 e. The average molecular weight is 322 g/mol. The standard InChI is InChI=1S/C16H26N4O3/c1-17-16(20(2)9-11-22-12-13-5-6-13)19-8-7-18-15(21)14-4-3-10-23-14/h3-4,10,13H,5-9,11-12H2,1-2H3,(H,17,19)(H,18,21). The fraction of sp³-hybridized carbons (Fsp3) is 0.625. The highest BCUT2D eigenvalue weighted by Gasteiger charge is 2.21. The van der Waals surface area contributed by atoms with Crippen LogP contribution in [0.3, 0.4) is 0 Å². The van der Waals surface area contributed by atoms with Crippen LogP contribution >= 0.6 is 0 Å². The van der Waals surface area contributed by atoms with Gasteiger partial charge in [-0.05, 0) is 30.9 Å². The van der Waals surface area contributed by atoms with Crippen molar-refractivity contribution in [2.75, 3.05) is 46.9 Å². The largest absolute Gasteiger partial charge is 0.459 e. The first kappa shape index (κ1) is 17.3. The highest BCUT2D eigenvalue weighted by atomic mass is 16.5. The molecule has 23 heavy (non-hydrogen) atoms. The summed E-state index contributed by atoms with van der Waals surface area (Å²) in [7, 11) is 3.71. The van der Waals surface area contributed by atoms with Gasteiger partial charge in [0.15, 0.2) is 11.7 Å². The van der Waals surface area contributed by atoms with Crippen LogP contribution < -0.4 is 10.6 Å². The van der Waals surface area contributed by atoms with E-state index in [0.717, 1.165) is 25.0 Å². The molecule has 1 heterocycles. The molecule has 1 amide bonds. The second-order valence-electron chi connectivity index (χ2n) is 5.65. The van der Waals surface area contributed by atoms with Gasteiger partial charge in [-0.15, -0.1) is 0 Å². The molecule has 0 bridgehead atoms. The van der Waals surface area contributed by atoms with Crippen LogP contribution in [-0.2, 0) is 4.74 Å². The van der Waals surface area contributed by atoms with Gasteiger partial charge >= 0.3 is 0 Å². The summed E-state index contributed by atoms with van der Waals surface area (Å²) in [6.45, 7) is 3.43. The summed E-state index contributed by atoms with van der Waals surface area (Å²) in [4.78, 5) is 17.9. The highest BCUT2D eigenvalue weighted by molar-refractivity contribution is 5.91. The zero-order valence-corrected chi connectivity index (χ0v) is 13.9. The number of likely N-dealkylation sites (N-methyl/N-ethyl adjacent to an activating group) is 1. The number of carbonyl (C=O) groups is 1. The van der Waals surface area contributed by atoms with Gasteiger partial charge in [0.2, 0.25) is 0 Å². The Bertz CT molecular complexity index is 497. The van der Waals surface area contributed by atoms with E-state index < -0.39 is 0 Å². The molecule has 128 valence electrons. The third-order valence-corrected chi connectivity index (χ3v) is 3.63. The van der Waals surface area contributed by atoms with Crippen LogP contribution in [-0.4, -0.2) is 63.7 Å². The number of nitrogens with zero attached hydrogens (tertiary/aromatic N) is 2. The number of rotatable bonds is 9. The summed E-state index contributed by atoms with van der Waals surface area (Å²) in [5.41, 5.74) is 0. The van der Waals surface area contributed by atoms with Crippen molar-refractivity contribution in [2.24, 2.45) is 10.9 Å². The Morgan fingerprint density at radius 3 is 2.87 bits per heavy atom. The average Bonchev–Trinajstić information content (AvgIpc) is 3.21. The van der Waals surface area contributed by atoms with Crippen molar-refractivity contribution in [1.29, 1.82) is 0 Å². The Balaban J connectivity index is 1.57. The minimum atomic E-state index is -0.214. The number of amides is 1. The van der Waals surface area contributed by atoms with Crippen LogP contribution in [0.4, 0.5) is 0 Å². The maximum absolute atomic E-state index is 11.7. The number of nitrogens with one attached hydrogen (secondary N) is 2. The Morgan fingerprint density at radius 2 is 2.22 bits per heavy atom. The number of guanidine groups is 1. The Morgan fingerprint density at radius 1 is 1.43 bits per heavy atom. The van der Waals surface area contributed by atoms with Crippen LogP contribution in [0.5, 0.6) is 0 Å². The van der Waals surface area contributed by atoms with E-state index in [0.29, 0.717) is 25.5 Å². The molecular weight excluding hydrogens is 296 g/mol. The normalized spacial score (nSPS) is 14.6. The van der Waals surface area contributed by atoms with Crippen LogP contribution in [0.25, 0.3) is 0 Å². The first-order chi connectivity index (χ1) is 11.2. The molecule has 1 aliphatic rings. The molecule has 2 N–H and O–H groups in total. The van der Waals surface area contributed by atoms with Crippen molar-refractivity contribution in [1.82, 2.24) is 15.5 Å². The molecule has 0 aromatic carbocycles. The fourth-order valence-electron chi connectivity index (χ4n) is 2.07. The zero-order chi connectivity index (χ0) is 16.5. The van der Waals surface area contributed by atoms with Crippen molar-refractivity contribution in [3.05, 3.63) is 24.2 Å². The lowest BCUT2D eigenvalue weighted by Gasteiger charge is -2.22. The fourth-order valence-corrected chi connectivity index (χ4v) is 2.07. The van der Waals surface area contributed by atoms with Gasteiger partial charge in [-0.2, -0.15) is 0 Å². The van der Waals surface area contributed by atoms with Gasteiger partial charge in [0.05, 0.1) is 12.9 Å². The van der Waals surface area contributed by atoms with Gasteiger partial charge in [-0.25, -0.2) is 0 Å². The SMILES string of the molecule is CN=C(NCCNC(=O)c1ccco1)N(C)CCOCC1CC1. The van der Waals surface area contributed by atoms with Crippen molar-refractivity contribution in [3.63, 3.8) is 0 Å². The molecule has 1 aliphatic carbocycles. The molecule has 1 fully saturated rings. The van der Waals surface area contributed by atoms with Crippen molar-refractivity contribution in [2.45, 2.75) is 12.8 Å². The van der Waals surface area contributed by atoms with Crippen LogP contribution in [0.2, 0.25) is 0 Å². The molecule has 1 saturated carbocycles. The number of furan rings is 1. The Hall–Kier alpha value is -2.02. The van der Waals surface area contributed by atoms with E-state index >= 15 is 0 Å². The quantitative estimate of drug-likeness (QED) is 0.402. The second-order valence-corrected chi connectivity index (χ2v) is 5.65. The lowest BCUT2D eigenvalue weighted by Crippen LogP contribution is -2.43. The summed E-state index contributed by atoms with van der Waals surface area (Å²) in [6.07, 6.45) is 4.10. The Kier molecular flexibility index (Phi) is 6.93. The third-order valence-electron chi connectivity index (χ3n) is 3.63. The molecule has 7 nitrogen and oxygen atoms in total. The molecule has 1 aromatic rings. The van der Waals surface area contributed by atoms with E-state index in [2.05, 4.69) is 15.6 Å². The second kappa shape index (κ2) is 9.19. The van der Waals surface area contributed by atoms with Gasteiger partial charge in [0.1, 0.15) is 0 Å². The van der Waals surface area contributed by atoms with Crippen LogP contribution in [0.15, 0.2) is 27.8 Å². The lowest BCUT2D eigenvalue weighted by atomic mass is 10.4. The molecule has 0 aliphatic heterocycles. The highest BCUT2D eigenvalue weighted by Crippen LogP contribution is 2.28. The number of hydrogen-bond donors (Lipinski definition) is 2. The minimum absolute atomic E-state index is 0.214. The predicted octanol–water partition coefficient (Wildman–Crippen LogP) is 0.943. The number of carbonyl (C=O) groups excluding carboxylic acids is 1. The number of ether oxygens (including phenoxy) is 1. The van der Waals surface area contributed by atoms with E-state index in [-0.39, 0.29) is 5.91 Å². The molecule has 0 spiro atoms. The van der Waals surface area contributed by atoms with E-state index in [1.54, 1.807) is 19.2 Å². The van der Waals surface area contributed by atoms with Crippen molar-refractivity contribution in [3.8, 4) is 0 Å². The first-order valence-electron chi connectivity index (χ1n) is 8.02. The molecule has 0 radical (unpaired) electrons. The maximum Gasteiger partial charge on any atom is 0.287 e. The molecular formula is C16H26N4O3. The predicted molar refractivity (Wildman–Crippen MR) is 88.6 cm³/mol. The summed E-state index contributed by atoms with van der Waals surface area (Å²) < 4.78 is 10.7. The van der Waals surface area contributed by atoms with Gasteiger partial charge in [0.25, 0.3) is 5.91 Å². The molecule has 0 unspecified atom stereocenters. The third kappa shape index (κ3) is 6.32. The topological polar surface area (TPSA) is 79.1 Å². The van der Waals surface area contributed by atoms with Crippen molar-refractivity contribution < 1.29 is 13.9 Å². The van der Waals surface area contributed by atoms with Gasteiger partial charge in [-0.3, -0.25) is 9.79 Å². The van der Waals surface area contributed by atoms with E-state index in [1.165, 1.54) is 19.1 Å². The summed E-state index contributed by atoms with van der Waals surface area (Å²) >= 11 is 0. The van der Waals surface area contributed by atoms with E-state index in [1.807, 2.05) is 11.9 Å².